The first-order valence-electron chi connectivity index (χ1n) is 5.87. The molecule has 4 heteroatoms. The third kappa shape index (κ3) is 5.47. The van der Waals surface area contributed by atoms with E-state index in [2.05, 4.69) is 29.8 Å². The average molecular weight is 217 g/mol. The van der Waals surface area contributed by atoms with E-state index in [-0.39, 0.29) is 0 Å². The Morgan fingerprint density at radius 2 is 1.80 bits per heavy atom. The second kappa shape index (κ2) is 9.09. The van der Waals surface area contributed by atoms with Crippen LogP contribution in [0.3, 0.4) is 0 Å². The molecule has 1 fully saturated rings. The number of ether oxygens (including phenoxy) is 1. The van der Waals surface area contributed by atoms with Gasteiger partial charge in [0, 0.05) is 38.3 Å². The summed E-state index contributed by atoms with van der Waals surface area (Å²) < 4.78 is 5.37. The van der Waals surface area contributed by atoms with Crippen molar-refractivity contribution in [3.63, 3.8) is 0 Å². The Morgan fingerprint density at radius 1 is 1.27 bits per heavy atom. The molecule has 4 nitrogen and oxygen atoms in total. The molecule has 1 aliphatic heterocycles. The van der Waals surface area contributed by atoms with E-state index in [1.54, 1.807) is 0 Å². The van der Waals surface area contributed by atoms with Crippen molar-refractivity contribution in [3.05, 3.63) is 0 Å². The number of hydrogen-bond acceptors (Lipinski definition) is 4. The first-order valence-corrected chi connectivity index (χ1v) is 5.87. The van der Waals surface area contributed by atoms with Crippen molar-refractivity contribution in [1.82, 2.24) is 10.2 Å². The quantitative estimate of drug-likeness (QED) is 0.664. The lowest BCUT2D eigenvalue weighted by molar-refractivity contribution is 0.0612. The van der Waals surface area contributed by atoms with E-state index in [0.717, 1.165) is 32.8 Å². The molecule has 92 valence electrons. The van der Waals surface area contributed by atoms with Gasteiger partial charge in [-0.15, -0.1) is 0 Å². The van der Waals surface area contributed by atoms with Crippen LogP contribution in [0.1, 0.15) is 20.8 Å². The van der Waals surface area contributed by atoms with Crippen LogP contribution >= 0.6 is 0 Å². The maximum absolute atomic E-state index is 5.37. The lowest BCUT2D eigenvalue weighted by Gasteiger charge is -2.39. The zero-order chi connectivity index (χ0) is 11.7. The fraction of sp³-hybridized carbons (Fsp3) is 1.00. The highest BCUT2D eigenvalue weighted by Gasteiger charge is 2.23. The summed E-state index contributed by atoms with van der Waals surface area (Å²) >= 11 is 0. The molecule has 0 spiro atoms. The molecule has 1 saturated heterocycles. The minimum absolute atomic E-state index is 0.643. The summed E-state index contributed by atoms with van der Waals surface area (Å²) in [6.07, 6.45) is 0. The SMILES string of the molecule is CCOCCN1C(C)CNCC1C.CN. The van der Waals surface area contributed by atoms with Gasteiger partial charge in [0.2, 0.25) is 0 Å². The highest BCUT2D eigenvalue weighted by molar-refractivity contribution is 4.81. The van der Waals surface area contributed by atoms with Gasteiger partial charge in [-0.05, 0) is 27.8 Å². The normalized spacial score (nSPS) is 27.0. The second-order valence-corrected chi connectivity index (χ2v) is 3.79. The maximum atomic E-state index is 5.37. The van der Waals surface area contributed by atoms with E-state index in [1.165, 1.54) is 7.05 Å². The minimum atomic E-state index is 0.643. The van der Waals surface area contributed by atoms with Crippen molar-refractivity contribution in [2.45, 2.75) is 32.9 Å². The summed E-state index contributed by atoms with van der Waals surface area (Å²) in [6.45, 7) is 11.6. The van der Waals surface area contributed by atoms with Gasteiger partial charge in [-0.25, -0.2) is 0 Å². The van der Waals surface area contributed by atoms with Gasteiger partial charge < -0.3 is 15.8 Å². The molecule has 1 aliphatic rings. The van der Waals surface area contributed by atoms with E-state index >= 15 is 0 Å². The van der Waals surface area contributed by atoms with Crippen LogP contribution in [0.25, 0.3) is 0 Å². The zero-order valence-corrected chi connectivity index (χ0v) is 10.6. The first-order chi connectivity index (χ1) is 7.25. The first kappa shape index (κ1) is 14.8. The molecule has 0 aromatic carbocycles. The van der Waals surface area contributed by atoms with E-state index in [9.17, 15) is 0 Å². The molecule has 15 heavy (non-hydrogen) atoms. The Morgan fingerprint density at radius 3 is 2.27 bits per heavy atom. The fourth-order valence-electron chi connectivity index (χ4n) is 1.93. The molecule has 0 aromatic heterocycles. The van der Waals surface area contributed by atoms with Gasteiger partial charge in [0.1, 0.15) is 0 Å². The Bertz CT molecular complexity index is 134. The fourth-order valence-corrected chi connectivity index (χ4v) is 1.93. The summed E-state index contributed by atoms with van der Waals surface area (Å²) in [5.74, 6) is 0. The number of hydrogen-bond donors (Lipinski definition) is 2. The van der Waals surface area contributed by atoms with Crippen molar-refractivity contribution < 1.29 is 4.74 Å². The van der Waals surface area contributed by atoms with Crippen LogP contribution in [-0.4, -0.2) is 56.9 Å². The van der Waals surface area contributed by atoms with Crippen molar-refractivity contribution in [3.8, 4) is 0 Å². The van der Waals surface area contributed by atoms with Crippen LogP contribution < -0.4 is 11.1 Å². The molecule has 1 rings (SSSR count). The zero-order valence-electron chi connectivity index (χ0n) is 10.6. The molecule has 0 bridgehead atoms. The highest BCUT2D eigenvalue weighted by atomic mass is 16.5. The lowest BCUT2D eigenvalue weighted by Crippen LogP contribution is -2.55. The van der Waals surface area contributed by atoms with Gasteiger partial charge in [-0.2, -0.15) is 0 Å². The average Bonchev–Trinajstić information content (AvgIpc) is 2.25. The van der Waals surface area contributed by atoms with Gasteiger partial charge in [0.15, 0.2) is 0 Å². The molecule has 2 unspecified atom stereocenters. The highest BCUT2D eigenvalue weighted by Crippen LogP contribution is 2.08. The summed E-state index contributed by atoms with van der Waals surface area (Å²) in [5.41, 5.74) is 4.50. The summed E-state index contributed by atoms with van der Waals surface area (Å²) in [6, 6.07) is 1.29. The monoisotopic (exact) mass is 217 g/mol. The Hall–Kier alpha value is -0.160. The number of piperazine rings is 1. The number of nitrogens with zero attached hydrogens (tertiary/aromatic N) is 1. The van der Waals surface area contributed by atoms with Gasteiger partial charge in [0.05, 0.1) is 6.61 Å². The number of nitrogens with one attached hydrogen (secondary N) is 1. The molecule has 1 heterocycles. The molecule has 0 radical (unpaired) electrons. The molecule has 2 atom stereocenters. The van der Waals surface area contributed by atoms with Crippen molar-refractivity contribution in [1.29, 1.82) is 0 Å². The van der Waals surface area contributed by atoms with E-state index in [4.69, 9.17) is 4.74 Å². The Labute approximate surface area is 94.2 Å². The molecular formula is C11H27N3O. The van der Waals surface area contributed by atoms with Gasteiger partial charge in [-0.3, -0.25) is 4.90 Å². The predicted molar refractivity (Wildman–Crippen MR) is 65.1 cm³/mol. The van der Waals surface area contributed by atoms with Gasteiger partial charge in [-0.1, -0.05) is 0 Å². The van der Waals surface area contributed by atoms with Crippen LogP contribution in [0.4, 0.5) is 0 Å². The lowest BCUT2D eigenvalue weighted by atomic mass is 10.1. The summed E-state index contributed by atoms with van der Waals surface area (Å²) in [5, 5.41) is 3.42. The molecule has 0 aliphatic carbocycles. The number of rotatable bonds is 4. The van der Waals surface area contributed by atoms with Crippen molar-refractivity contribution >= 4 is 0 Å². The standard InChI is InChI=1S/C10H22N2O.CH5N/c1-4-13-6-5-12-9(2)7-11-8-10(12)3;1-2/h9-11H,4-8H2,1-3H3;2H2,1H3. The molecule has 3 N–H and O–H groups in total. The van der Waals surface area contributed by atoms with Crippen molar-refractivity contribution in [2.24, 2.45) is 5.73 Å². The molecule has 0 aromatic rings. The summed E-state index contributed by atoms with van der Waals surface area (Å²) in [4.78, 5) is 2.52. The topological polar surface area (TPSA) is 50.5 Å². The third-order valence-corrected chi connectivity index (χ3v) is 2.71. The molecule has 0 saturated carbocycles. The van der Waals surface area contributed by atoms with Gasteiger partial charge >= 0.3 is 0 Å². The van der Waals surface area contributed by atoms with E-state index in [0.29, 0.717) is 12.1 Å². The van der Waals surface area contributed by atoms with Crippen LogP contribution in [0, 0.1) is 0 Å². The Kier molecular flexibility index (Phi) is 9.00. The largest absolute Gasteiger partial charge is 0.380 e. The van der Waals surface area contributed by atoms with Crippen LogP contribution in [-0.2, 0) is 4.74 Å². The Balaban J connectivity index is 0.000000921. The smallest absolute Gasteiger partial charge is 0.0593 e. The van der Waals surface area contributed by atoms with Crippen LogP contribution in [0.15, 0.2) is 0 Å². The van der Waals surface area contributed by atoms with E-state index in [1.807, 2.05) is 6.92 Å². The second-order valence-electron chi connectivity index (χ2n) is 3.79. The maximum Gasteiger partial charge on any atom is 0.0593 e. The summed E-state index contributed by atoms with van der Waals surface area (Å²) in [7, 11) is 1.50. The van der Waals surface area contributed by atoms with E-state index < -0.39 is 0 Å². The number of nitrogens with two attached hydrogens (primary N) is 1. The molecule has 0 amide bonds. The molecular weight excluding hydrogens is 190 g/mol. The van der Waals surface area contributed by atoms with Gasteiger partial charge in [0.25, 0.3) is 0 Å². The third-order valence-electron chi connectivity index (χ3n) is 2.71. The predicted octanol–water partition coefficient (Wildman–Crippen LogP) is 0.280. The van der Waals surface area contributed by atoms with Crippen LogP contribution in [0.5, 0.6) is 0 Å². The van der Waals surface area contributed by atoms with Crippen LogP contribution in [0.2, 0.25) is 0 Å². The van der Waals surface area contributed by atoms with Crippen molar-refractivity contribution in [2.75, 3.05) is 39.9 Å². The minimum Gasteiger partial charge on any atom is -0.380 e.